The van der Waals surface area contributed by atoms with Crippen molar-refractivity contribution in [3.8, 4) is 0 Å². The number of aliphatic hydroxyl groups is 2. The van der Waals surface area contributed by atoms with E-state index >= 15 is 0 Å². The Morgan fingerprint density at radius 2 is 1.88 bits per heavy atom. The molecule has 2 N–H and O–H groups in total. The molecule has 0 amide bonds. The van der Waals surface area contributed by atoms with Crippen LogP contribution in [0.15, 0.2) is 0 Å². The van der Waals surface area contributed by atoms with Gasteiger partial charge in [0.25, 0.3) is 0 Å². The van der Waals surface area contributed by atoms with Gasteiger partial charge in [0.2, 0.25) is 0 Å². The maximum atomic E-state index is 8.34. The summed E-state index contributed by atoms with van der Waals surface area (Å²) < 4.78 is 4.76. The molecule has 0 aromatic carbocycles. The van der Waals surface area contributed by atoms with E-state index in [4.69, 9.17) is 14.9 Å². The molecule has 0 rings (SSSR count). The lowest BCUT2D eigenvalue weighted by atomic mass is 10.4. The molecule has 0 aliphatic rings. The van der Waals surface area contributed by atoms with Crippen LogP contribution in [0.3, 0.4) is 0 Å². The topological polar surface area (TPSA) is 49.7 Å². The van der Waals surface area contributed by atoms with Crippen LogP contribution in [0.2, 0.25) is 0 Å². The fourth-order valence-corrected chi connectivity index (χ4v) is 0.345. The Kier molecular flexibility index (Phi) is 4.95. The molecule has 0 unspecified atom stereocenters. The van der Waals surface area contributed by atoms with Gasteiger partial charge in [0.1, 0.15) is 6.10 Å². The predicted octanol–water partition coefficient (Wildman–Crippen LogP) is -0.461. The highest BCUT2D eigenvalue weighted by Gasteiger charge is 2.03. The molecule has 0 aliphatic heterocycles. The first-order chi connectivity index (χ1) is 3.85. The molecule has 0 atom stereocenters. The Bertz CT molecular complexity index is 42.9. The van der Waals surface area contributed by atoms with Crippen molar-refractivity contribution < 1.29 is 14.9 Å². The zero-order chi connectivity index (χ0) is 6.41. The zero-order valence-corrected chi connectivity index (χ0v) is 4.92. The smallest absolute Gasteiger partial charge is 0.147 e. The van der Waals surface area contributed by atoms with Crippen molar-refractivity contribution in [2.75, 3.05) is 19.8 Å². The molecule has 0 aliphatic carbocycles. The van der Waals surface area contributed by atoms with E-state index in [1.165, 1.54) is 0 Å². The largest absolute Gasteiger partial charge is 0.393 e. The third-order valence-electron chi connectivity index (χ3n) is 0.701. The minimum absolute atomic E-state index is 0.190. The fourth-order valence-electron chi connectivity index (χ4n) is 0.345. The van der Waals surface area contributed by atoms with Gasteiger partial charge in [-0.2, -0.15) is 0 Å². The van der Waals surface area contributed by atoms with Gasteiger partial charge in [-0.1, -0.05) is 0 Å². The summed E-state index contributed by atoms with van der Waals surface area (Å²) in [5, 5.41) is 16.7. The summed E-state index contributed by atoms with van der Waals surface area (Å²) in [7, 11) is 0. The van der Waals surface area contributed by atoms with Crippen LogP contribution in [0.4, 0.5) is 0 Å². The number of hydrogen-bond donors (Lipinski definition) is 2. The van der Waals surface area contributed by atoms with Crippen molar-refractivity contribution in [3.63, 3.8) is 0 Å². The molecule has 0 aromatic rings. The molecule has 0 spiro atoms. The average Bonchev–Trinajstić information content (AvgIpc) is 1.83. The second-order valence-corrected chi connectivity index (χ2v) is 1.29. The van der Waals surface area contributed by atoms with Crippen LogP contribution < -0.4 is 0 Å². The van der Waals surface area contributed by atoms with E-state index in [0.29, 0.717) is 12.7 Å². The molecule has 0 fully saturated rings. The summed E-state index contributed by atoms with van der Waals surface area (Å²) in [5.41, 5.74) is 0. The summed E-state index contributed by atoms with van der Waals surface area (Å²) in [6.45, 7) is 1.91. The summed E-state index contributed by atoms with van der Waals surface area (Å²) in [6.07, 6.45) is 0.326. The van der Waals surface area contributed by atoms with Gasteiger partial charge in [0.15, 0.2) is 0 Å². The molecular formula is C5H11O3. The molecular weight excluding hydrogens is 108 g/mol. The first-order valence-electron chi connectivity index (χ1n) is 2.54. The van der Waals surface area contributed by atoms with Gasteiger partial charge in [-0.05, 0) is 6.92 Å². The van der Waals surface area contributed by atoms with Crippen molar-refractivity contribution in [1.82, 2.24) is 0 Å². The Morgan fingerprint density at radius 3 is 2.00 bits per heavy atom. The quantitative estimate of drug-likeness (QED) is 0.526. The van der Waals surface area contributed by atoms with E-state index in [0.717, 1.165) is 0 Å². The number of hydrogen-bond acceptors (Lipinski definition) is 3. The molecule has 0 heterocycles. The Balaban J connectivity index is 3.07. The van der Waals surface area contributed by atoms with Crippen molar-refractivity contribution in [1.29, 1.82) is 0 Å². The van der Waals surface area contributed by atoms with Crippen molar-refractivity contribution in [2.45, 2.75) is 6.92 Å². The second-order valence-electron chi connectivity index (χ2n) is 1.29. The van der Waals surface area contributed by atoms with Crippen LogP contribution in [-0.2, 0) is 4.74 Å². The van der Waals surface area contributed by atoms with E-state index in [1.54, 1.807) is 6.92 Å². The molecule has 49 valence electrons. The van der Waals surface area contributed by atoms with Gasteiger partial charge in [0.05, 0.1) is 13.2 Å². The molecule has 3 heteroatoms. The van der Waals surface area contributed by atoms with E-state index in [2.05, 4.69) is 0 Å². The summed E-state index contributed by atoms with van der Waals surface area (Å²) >= 11 is 0. The van der Waals surface area contributed by atoms with Crippen LogP contribution >= 0.6 is 0 Å². The Morgan fingerprint density at radius 1 is 1.38 bits per heavy atom. The minimum atomic E-state index is -0.190. The molecule has 1 radical (unpaired) electrons. The molecule has 0 bridgehead atoms. The molecule has 0 aromatic heterocycles. The monoisotopic (exact) mass is 119 g/mol. The Labute approximate surface area is 48.9 Å². The average molecular weight is 119 g/mol. The van der Waals surface area contributed by atoms with Gasteiger partial charge in [0, 0.05) is 6.61 Å². The third-order valence-corrected chi connectivity index (χ3v) is 0.701. The maximum Gasteiger partial charge on any atom is 0.147 e. The summed E-state index contributed by atoms with van der Waals surface area (Å²) in [4.78, 5) is 0. The number of ether oxygens (including phenoxy) is 1. The second kappa shape index (κ2) is 5.03. The van der Waals surface area contributed by atoms with Crippen molar-refractivity contribution in [3.05, 3.63) is 6.10 Å². The van der Waals surface area contributed by atoms with E-state index in [1.807, 2.05) is 0 Å². The zero-order valence-electron chi connectivity index (χ0n) is 4.92. The fraction of sp³-hybridized carbons (Fsp3) is 0.800. The molecule has 3 nitrogen and oxygen atoms in total. The Hall–Kier alpha value is -0.120. The van der Waals surface area contributed by atoms with Crippen LogP contribution in [-0.4, -0.2) is 30.0 Å². The SMILES string of the molecule is CCO[C](CO)CO. The number of rotatable bonds is 4. The molecule has 0 saturated carbocycles. The van der Waals surface area contributed by atoms with E-state index < -0.39 is 0 Å². The van der Waals surface area contributed by atoms with E-state index in [-0.39, 0.29) is 13.2 Å². The van der Waals surface area contributed by atoms with Crippen molar-refractivity contribution in [2.24, 2.45) is 0 Å². The standard InChI is InChI=1S/C5H11O3/c1-2-8-5(3-6)4-7/h6-7H,2-4H2,1H3. The highest BCUT2D eigenvalue weighted by atomic mass is 16.5. The van der Waals surface area contributed by atoms with Gasteiger partial charge in [-0.25, -0.2) is 0 Å². The third kappa shape index (κ3) is 2.96. The lowest BCUT2D eigenvalue weighted by molar-refractivity contribution is 0.0652. The van der Waals surface area contributed by atoms with Crippen LogP contribution in [0, 0.1) is 6.10 Å². The normalized spacial score (nSPS) is 10.5. The maximum absolute atomic E-state index is 8.34. The van der Waals surface area contributed by atoms with Crippen LogP contribution in [0.25, 0.3) is 0 Å². The minimum Gasteiger partial charge on any atom is -0.393 e. The van der Waals surface area contributed by atoms with Gasteiger partial charge in [-0.3, -0.25) is 0 Å². The first kappa shape index (κ1) is 7.88. The number of aliphatic hydroxyl groups excluding tert-OH is 2. The van der Waals surface area contributed by atoms with E-state index in [9.17, 15) is 0 Å². The van der Waals surface area contributed by atoms with Crippen LogP contribution in [0.5, 0.6) is 0 Å². The molecule has 0 saturated heterocycles. The molecule has 8 heavy (non-hydrogen) atoms. The summed E-state index contributed by atoms with van der Waals surface area (Å²) in [5.74, 6) is 0. The lowest BCUT2D eigenvalue weighted by Gasteiger charge is -2.07. The summed E-state index contributed by atoms with van der Waals surface area (Å²) in [6, 6.07) is 0. The highest BCUT2D eigenvalue weighted by Crippen LogP contribution is 1.96. The predicted molar refractivity (Wildman–Crippen MR) is 29.0 cm³/mol. The highest BCUT2D eigenvalue weighted by molar-refractivity contribution is 4.74. The van der Waals surface area contributed by atoms with Crippen LogP contribution in [0.1, 0.15) is 6.92 Å². The van der Waals surface area contributed by atoms with Gasteiger partial charge in [-0.15, -0.1) is 0 Å². The first-order valence-corrected chi connectivity index (χ1v) is 2.54. The van der Waals surface area contributed by atoms with Gasteiger partial charge >= 0.3 is 0 Å². The lowest BCUT2D eigenvalue weighted by Crippen LogP contribution is -2.11. The van der Waals surface area contributed by atoms with Gasteiger partial charge < -0.3 is 14.9 Å². The van der Waals surface area contributed by atoms with Crippen molar-refractivity contribution >= 4 is 0 Å².